The molecule has 0 aromatic heterocycles. The quantitative estimate of drug-likeness (QED) is 0.365. The molecule has 0 radical (unpaired) electrons. The van der Waals surface area contributed by atoms with Crippen LogP contribution in [-0.4, -0.2) is 30.7 Å². The van der Waals surface area contributed by atoms with Crippen LogP contribution < -0.4 is 0 Å². The second kappa shape index (κ2) is 3.72. The van der Waals surface area contributed by atoms with Crippen LogP contribution in [0.4, 0.5) is 0 Å². The van der Waals surface area contributed by atoms with Crippen molar-refractivity contribution in [3.63, 3.8) is 0 Å². The molecule has 0 aromatic carbocycles. The highest BCUT2D eigenvalue weighted by Crippen LogP contribution is 2.13. The SMILES string of the molecule is C=C(C)C(=O)OC(C)(C)N(C)C. The average Bonchev–Trinajstić information content (AvgIpc) is 1.85. The van der Waals surface area contributed by atoms with Crippen LogP contribution in [0, 0.1) is 0 Å². The summed E-state index contributed by atoms with van der Waals surface area (Å²) in [5.74, 6) is -0.353. The third-order valence-electron chi connectivity index (χ3n) is 1.77. The van der Waals surface area contributed by atoms with Crippen molar-refractivity contribution in [2.24, 2.45) is 0 Å². The molecule has 0 bridgehead atoms. The van der Waals surface area contributed by atoms with Crippen LogP contribution in [0.15, 0.2) is 12.2 Å². The summed E-state index contributed by atoms with van der Waals surface area (Å²) in [5.41, 5.74) is -0.152. The van der Waals surface area contributed by atoms with E-state index in [2.05, 4.69) is 6.58 Å². The maximum absolute atomic E-state index is 11.1. The number of ether oxygens (including phenoxy) is 1. The molecule has 0 atom stereocenters. The molecule has 0 amide bonds. The van der Waals surface area contributed by atoms with E-state index in [4.69, 9.17) is 4.74 Å². The summed E-state index contributed by atoms with van der Waals surface area (Å²) in [6.45, 7) is 8.79. The van der Waals surface area contributed by atoms with Crippen LogP contribution in [0.25, 0.3) is 0 Å². The molecule has 0 saturated carbocycles. The van der Waals surface area contributed by atoms with E-state index >= 15 is 0 Å². The monoisotopic (exact) mass is 171 g/mol. The average molecular weight is 171 g/mol. The van der Waals surface area contributed by atoms with Crippen molar-refractivity contribution in [3.05, 3.63) is 12.2 Å². The smallest absolute Gasteiger partial charge is 0.334 e. The minimum Gasteiger partial charge on any atom is -0.441 e. The topological polar surface area (TPSA) is 29.5 Å². The van der Waals surface area contributed by atoms with Crippen LogP contribution in [0.2, 0.25) is 0 Å². The van der Waals surface area contributed by atoms with Gasteiger partial charge in [0.05, 0.1) is 0 Å². The molecule has 0 aliphatic carbocycles. The first-order chi connectivity index (χ1) is 5.27. The van der Waals surface area contributed by atoms with Crippen molar-refractivity contribution in [1.29, 1.82) is 0 Å². The van der Waals surface area contributed by atoms with Gasteiger partial charge in [0.1, 0.15) is 0 Å². The summed E-state index contributed by atoms with van der Waals surface area (Å²) in [6.07, 6.45) is 0. The van der Waals surface area contributed by atoms with E-state index < -0.39 is 5.72 Å². The first kappa shape index (κ1) is 11.2. The molecule has 0 aromatic rings. The van der Waals surface area contributed by atoms with E-state index in [1.165, 1.54) is 0 Å². The van der Waals surface area contributed by atoms with Gasteiger partial charge in [-0.1, -0.05) is 6.58 Å². The molecule has 0 fully saturated rings. The van der Waals surface area contributed by atoms with Gasteiger partial charge in [0, 0.05) is 5.57 Å². The summed E-state index contributed by atoms with van der Waals surface area (Å²) in [7, 11) is 3.71. The van der Waals surface area contributed by atoms with Crippen LogP contribution in [-0.2, 0) is 9.53 Å². The third-order valence-corrected chi connectivity index (χ3v) is 1.77. The van der Waals surface area contributed by atoms with E-state index in [-0.39, 0.29) is 5.97 Å². The normalized spacial score (nSPS) is 11.5. The molecule has 0 rings (SSSR count). The molecule has 12 heavy (non-hydrogen) atoms. The molecule has 3 heteroatoms. The van der Waals surface area contributed by atoms with E-state index in [0.717, 1.165) is 0 Å². The highest BCUT2D eigenvalue weighted by molar-refractivity contribution is 5.87. The Hall–Kier alpha value is -0.830. The Morgan fingerprint density at radius 2 is 1.83 bits per heavy atom. The van der Waals surface area contributed by atoms with Gasteiger partial charge in [-0.15, -0.1) is 0 Å². The summed E-state index contributed by atoms with van der Waals surface area (Å²) in [6, 6.07) is 0. The zero-order valence-corrected chi connectivity index (χ0v) is 8.47. The number of nitrogens with zero attached hydrogens (tertiary/aromatic N) is 1. The number of hydrogen-bond donors (Lipinski definition) is 0. The van der Waals surface area contributed by atoms with Crippen LogP contribution in [0.5, 0.6) is 0 Å². The van der Waals surface area contributed by atoms with E-state index in [0.29, 0.717) is 5.57 Å². The number of carbonyl (C=O) groups is 1. The molecule has 0 spiro atoms. The Labute approximate surface area is 74.0 Å². The third kappa shape index (κ3) is 3.05. The highest BCUT2D eigenvalue weighted by atomic mass is 16.6. The van der Waals surface area contributed by atoms with Crippen molar-refractivity contribution in [2.45, 2.75) is 26.5 Å². The van der Waals surface area contributed by atoms with Crippen molar-refractivity contribution in [3.8, 4) is 0 Å². The highest BCUT2D eigenvalue weighted by Gasteiger charge is 2.25. The second-order valence-electron chi connectivity index (χ2n) is 3.51. The second-order valence-corrected chi connectivity index (χ2v) is 3.51. The van der Waals surface area contributed by atoms with Gasteiger partial charge < -0.3 is 4.74 Å². The summed E-state index contributed by atoms with van der Waals surface area (Å²) in [5, 5.41) is 0. The van der Waals surface area contributed by atoms with Gasteiger partial charge in [0.15, 0.2) is 5.72 Å². The molecule has 0 unspecified atom stereocenters. The van der Waals surface area contributed by atoms with Gasteiger partial charge >= 0.3 is 5.97 Å². The fraction of sp³-hybridized carbons (Fsp3) is 0.667. The molecular formula is C9H17NO2. The largest absolute Gasteiger partial charge is 0.441 e. The van der Waals surface area contributed by atoms with Crippen LogP contribution in [0.3, 0.4) is 0 Å². The van der Waals surface area contributed by atoms with Gasteiger partial charge in [-0.25, -0.2) is 4.79 Å². The van der Waals surface area contributed by atoms with Crippen molar-refractivity contribution in [2.75, 3.05) is 14.1 Å². The molecule has 3 nitrogen and oxygen atoms in total. The van der Waals surface area contributed by atoms with Gasteiger partial charge in [0.2, 0.25) is 0 Å². The van der Waals surface area contributed by atoms with E-state index in [1.54, 1.807) is 6.92 Å². The molecule has 0 saturated heterocycles. The van der Waals surface area contributed by atoms with E-state index in [9.17, 15) is 4.79 Å². The summed E-state index contributed by atoms with van der Waals surface area (Å²) in [4.78, 5) is 12.9. The Bertz CT molecular complexity index is 195. The number of carbonyl (C=O) groups excluding carboxylic acids is 1. The molecule has 0 heterocycles. The Morgan fingerprint density at radius 1 is 1.42 bits per heavy atom. The summed E-state index contributed by atoms with van der Waals surface area (Å²) >= 11 is 0. The fourth-order valence-electron chi connectivity index (χ4n) is 0.405. The Balaban J connectivity index is 4.25. The lowest BCUT2D eigenvalue weighted by molar-refractivity contribution is -0.166. The first-order valence-electron chi connectivity index (χ1n) is 3.83. The van der Waals surface area contributed by atoms with Crippen molar-refractivity contribution < 1.29 is 9.53 Å². The van der Waals surface area contributed by atoms with Gasteiger partial charge in [-0.2, -0.15) is 0 Å². The Morgan fingerprint density at radius 3 is 2.08 bits per heavy atom. The molecule has 0 aliphatic heterocycles. The molecule has 0 N–H and O–H groups in total. The molecular weight excluding hydrogens is 154 g/mol. The zero-order valence-electron chi connectivity index (χ0n) is 8.47. The van der Waals surface area contributed by atoms with E-state index in [1.807, 2.05) is 32.8 Å². The first-order valence-corrected chi connectivity index (χ1v) is 3.83. The predicted molar refractivity (Wildman–Crippen MR) is 48.7 cm³/mol. The Kier molecular flexibility index (Phi) is 3.46. The van der Waals surface area contributed by atoms with Crippen LogP contribution >= 0.6 is 0 Å². The molecule has 0 aliphatic rings. The maximum atomic E-state index is 11.1. The lowest BCUT2D eigenvalue weighted by Gasteiger charge is -2.31. The lowest BCUT2D eigenvalue weighted by atomic mass is 10.2. The number of esters is 1. The molecule has 70 valence electrons. The lowest BCUT2D eigenvalue weighted by Crippen LogP contribution is -2.42. The predicted octanol–water partition coefficient (Wildman–Crippen LogP) is 1.40. The summed E-state index contributed by atoms with van der Waals surface area (Å²) < 4.78 is 5.15. The zero-order chi connectivity index (χ0) is 9.94. The van der Waals surface area contributed by atoms with Gasteiger partial charge in [-0.3, -0.25) is 4.90 Å². The van der Waals surface area contributed by atoms with Crippen molar-refractivity contribution >= 4 is 5.97 Å². The maximum Gasteiger partial charge on any atom is 0.334 e. The van der Waals surface area contributed by atoms with Crippen LogP contribution in [0.1, 0.15) is 20.8 Å². The van der Waals surface area contributed by atoms with Gasteiger partial charge in [0.25, 0.3) is 0 Å². The van der Waals surface area contributed by atoms with Gasteiger partial charge in [-0.05, 0) is 34.9 Å². The fourth-order valence-corrected chi connectivity index (χ4v) is 0.405. The minimum atomic E-state index is -0.573. The number of rotatable bonds is 3. The number of hydrogen-bond acceptors (Lipinski definition) is 3. The van der Waals surface area contributed by atoms with Crippen molar-refractivity contribution in [1.82, 2.24) is 4.90 Å². The minimum absolute atomic E-state index is 0.353. The standard InChI is InChI=1S/C9H17NO2/c1-7(2)8(11)12-9(3,4)10(5)6/h1H2,2-6H3.